The molecule has 0 bridgehead atoms. The molecule has 0 radical (unpaired) electrons. The maximum atomic E-state index is 12.8. The largest absolute Gasteiger partial charge is 0.444 e. The Balaban J connectivity index is 2.03. The molecule has 1 aromatic heterocycles. The number of esters is 1. The van der Waals surface area contributed by atoms with E-state index >= 15 is 0 Å². The van der Waals surface area contributed by atoms with Crippen molar-refractivity contribution in [1.29, 1.82) is 5.26 Å². The summed E-state index contributed by atoms with van der Waals surface area (Å²) in [5, 5.41) is 9.95. The molecule has 1 atom stereocenters. The van der Waals surface area contributed by atoms with Gasteiger partial charge in [0.25, 0.3) is 5.91 Å². The number of rotatable bonds is 4. The number of ether oxygens (including phenoxy) is 1. The summed E-state index contributed by atoms with van der Waals surface area (Å²) >= 11 is 18.4. The summed E-state index contributed by atoms with van der Waals surface area (Å²) in [7, 11) is 1.65. The molecule has 3 aromatic rings. The van der Waals surface area contributed by atoms with Gasteiger partial charge in [0.1, 0.15) is 10.7 Å². The second-order valence-electron chi connectivity index (χ2n) is 5.93. The minimum Gasteiger partial charge on any atom is -0.444 e. The van der Waals surface area contributed by atoms with Crippen LogP contribution in [-0.2, 0) is 16.6 Å². The summed E-state index contributed by atoms with van der Waals surface area (Å²) in [6, 6.07) is 11.0. The molecule has 0 spiro atoms. The summed E-state index contributed by atoms with van der Waals surface area (Å²) in [5.74, 6) is -1.71. The first-order valence-electron chi connectivity index (χ1n) is 7.88. The molecular formula is C19H12Cl3N3O3. The molecule has 9 heteroatoms. The summed E-state index contributed by atoms with van der Waals surface area (Å²) < 4.78 is 6.91. The zero-order valence-electron chi connectivity index (χ0n) is 14.4. The average Bonchev–Trinajstić information content (AvgIpc) is 2.90. The number of hydrogen-bond donors (Lipinski definition) is 1. The number of nitriles is 1. The van der Waals surface area contributed by atoms with Crippen LogP contribution in [0.2, 0.25) is 15.2 Å². The first-order valence-corrected chi connectivity index (χ1v) is 9.01. The van der Waals surface area contributed by atoms with Crippen molar-refractivity contribution in [3.8, 4) is 6.07 Å². The molecule has 28 heavy (non-hydrogen) atoms. The van der Waals surface area contributed by atoms with Crippen LogP contribution in [0.4, 0.5) is 0 Å². The van der Waals surface area contributed by atoms with E-state index in [9.17, 15) is 9.59 Å². The van der Waals surface area contributed by atoms with E-state index in [-0.39, 0.29) is 15.7 Å². The van der Waals surface area contributed by atoms with E-state index < -0.39 is 18.0 Å². The molecule has 1 amide bonds. The Morgan fingerprint density at radius 3 is 2.32 bits per heavy atom. The van der Waals surface area contributed by atoms with E-state index in [2.05, 4.69) is 0 Å². The number of aromatic nitrogens is 1. The van der Waals surface area contributed by atoms with Crippen molar-refractivity contribution in [2.45, 2.75) is 6.10 Å². The molecule has 6 nitrogen and oxygen atoms in total. The number of nitrogens with zero attached hydrogens (tertiary/aromatic N) is 2. The van der Waals surface area contributed by atoms with Crippen molar-refractivity contribution >= 4 is 57.6 Å². The maximum Gasteiger partial charge on any atom is 0.343 e. The predicted molar refractivity (Wildman–Crippen MR) is 106 cm³/mol. The molecule has 0 fully saturated rings. The molecular weight excluding hydrogens is 425 g/mol. The lowest BCUT2D eigenvalue weighted by Crippen LogP contribution is -2.26. The summed E-state index contributed by atoms with van der Waals surface area (Å²) in [6.45, 7) is 0. The van der Waals surface area contributed by atoms with E-state index in [1.54, 1.807) is 17.7 Å². The van der Waals surface area contributed by atoms with Crippen LogP contribution in [-0.4, -0.2) is 16.4 Å². The lowest BCUT2D eigenvalue weighted by Gasteiger charge is -2.15. The fraction of sp³-hybridized carbons (Fsp3) is 0.105. The fourth-order valence-corrected chi connectivity index (χ4v) is 3.37. The number of halogens is 3. The van der Waals surface area contributed by atoms with Crippen molar-refractivity contribution in [2.75, 3.05) is 0 Å². The Labute approximate surface area is 174 Å². The zero-order chi connectivity index (χ0) is 20.6. The monoisotopic (exact) mass is 435 g/mol. The minimum absolute atomic E-state index is 0.0395. The topological polar surface area (TPSA) is 98.1 Å². The van der Waals surface area contributed by atoms with E-state index in [0.717, 1.165) is 0 Å². The maximum absolute atomic E-state index is 12.8. The van der Waals surface area contributed by atoms with Crippen molar-refractivity contribution in [2.24, 2.45) is 12.8 Å². The van der Waals surface area contributed by atoms with Crippen molar-refractivity contribution in [3.05, 3.63) is 68.3 Å². The number of hydrogen-bond acceptors (Lipinski definition) is 4. The van der Waals surface area contributed by atoms with Crippen LogP contribution in [0.15, 0.2) is 36.4 Å². The second kappa shape index (κ2) is 7.72. The Bertz CT molecular complexity index is 1150. The van der Waals surface area contributed by atoms with Gasteiger partial charge in [-0.15, -0.1) is 0 Å². The third-order valence-corrected chi connectivity index (χ3v) is 5.36. The third kappa shape index (κ3) is 3.52. The van der Waals surface area contributed by atoms with Crippen molar-refractivity contribution in [3.63, 3.8) is 0 Å². The quantitative estimate of drug-likeness (QED) is 0.613. The van der Waals surface area contributed by atoms with Crippen LogP contribution >= 0.6 is 34.8 Å². The van der Waals surface area contributed by atoms with Gasteiger partial charge in [0, 0.05) is 18.0 Å². The number of primary amides is 1. The first kappa shape index (κ1) is 20.0. The molecule has 0 aliphatic heterocycles. The van der Waals surface area contributed by atoms with E-state index in [0.29, 0.717) is 27.1 Å². The molecule has 0 aliphatic carbocycles. The minimum atomic E-state index is -1.35. The van der Waals surface area contributed by atoms with Gasteiger partial charge in [-0.1, -0.05) is 46.9 Å². The molecule has 0 saturated heterocycles. The normalized spacial score (nSPS) is 11.8. The number of aryl methyl sites for hydroxylation is 1. The van der Waals surface area contributed by atoms with Crippen LogP contribution in [0.5, 0.6) is 0 Å². The van der Waals surface area contributed by atoms with Gasteiger partial charge in [0.05, 0.1) is 27.2 Å². The summed E-state index contributed by atoms with van der Waals surface area (Å²) in [4.78, 5) is 24.7. The Hall–Kier alpha value is -2.72. The molecule has 1 heterocycles. The van der Waals surface area contributed by atoms with Gasteiger partial charge in [-0.3, -0.25) is 4.79 Å². The third-order valence-electron chi connectivity index (χ3n) is 4.20. The molecule has 1 unspecified atom stereocenters. The van der Waals surface area contributed by atoms with Gasteiger partial charge in [0.15, 0.2) is 0 Å². The highest BCUT2D eigenvalue weighted by Gasteiger charge is 2.28. The number of carbonyl (C=O) groups excluding carboxylic acids is 2. The molecule has 142 valence electrons. The zero-order valence-corrected chi connectivity index (χ0v) is 16.6. The Kier molecular flexibility index (Phi) is 5.52. The van der Waals surface area contributed by atoms with Gasteiger partial charge in [-0.2, -0.15) is 5.26 Å². The van der Waals surface area contributed by atoms with E-state index in [1.807, 2.05) is 6.07 Å². The highest BCUT2D eigenvalue weighted by atomic mass is 35.5. The van der Waals surface area contributed by atoms with Crippen molar-refractivity contribution < 1.29 is 14.3 Å². The number of amides is 1. The molecule has 2 N–H and O–H groups in total. The van der Waals surface area contributed by atoms with E-state index in [4.69, 9.17) is 50.5 Å². The molecule has 2 aromatic carbocycles. The summed E-state index contributed by atoms with van der Waals surface area (Å²) in [6.07, 6.45) is -1.35. The Morgan fingerprint density at radius 1 is 1.14 bits per heavy atom. The second-order valence-corrected chi connectivity index (χ2v) is 7.10. The lowest BCUT2D eigenvalue weighted by atomic mass is 10.1. The fourth-order valence-electron chi connectivity index (χ4n) is 2.78. The van der Waals surface area contributed by atoms with Gasteiger partial charge in [0.2, 0.25) is 6.10 Å². The average molecular weight is 437 g/mol. The highest BCUT2D eigenvalue weighted by Crippen LogP contribution is 2.36. The van der Waals surface area contributed by atoms with Crippen LogP contribution in [0, 0.1) is 11.3 Å². The van der Waals surface area contributed by atoms with Gasteiger partial charge >= 0.3 is 5.97 Å². The smallest absolute Gasteiger partial charge is 0.343 e. The number of fused-ring (bicyclic) bond motifs is 1. The lowest BCUT2D eigenvalue weighted by molar-refractivity contribution is -0.127. The van der Waals surface area contributed by atoms with Gasteiger partial charge in [-0.05, 0) is 24.3 Å². The first-order chi connectivity index (χ1) is 13.2. The number of carbonyl (C=O) groups is 2. The molecule has 3 rings (SSSR count). The van der Waals surface area contributed by atoms with Gasteiger partial charge in [-0.25, -0.2) is 4.79 Å². The number of benzene rings is 2. The predicted octanol–water partition coefficient (Wildman–Crippen LogP) is 4.39. The summed E-state index contributed by atoms with van der Waals surface area (Å²) in [5.41, 5.74) is 6.74. The van der Waals surface area contributed by atoms with Crippen LogP contribution in [0.1, 0.15) is 27.6 Å². The van der Waals surface area contributed by atoms with Crippen LogP contribution in [0.3, 0.4) is 0 Å². The molecule has 0 aliphatic rings. The molecule has 0 saturated carbocycles. The van der Waals surface area contributed by atoms with Crippen molar-refractivity contribution in [1.82, 2.24) is 4.57 Å². The number of nitrogens with two attached hydrogens (primary N) is 1. The standard InChI is InChI=1S/C19H12Cl3N3O3/c1-25-14-7-13(21)12(20)6-11(14)15(17(25)22)19(27)28-16(18(24)26)10-4-2-9(8-23)3-5-10/h2-7,16H,1H3,(H2,24,26). The Morgan fingerprint density at radius 2 is 1.75 bits per heavy atom. The SMILES string of the molecule is Cn1c(Cl)c(C(=O)OC(C(N)=O)c2ccc(C#N)cc2)c2cc(Cl)c(Cl)cc21. The van der Waals surface area contributed by atoms with E-state index in [1.165, 1.54) is 30.3 Å². The van der Waals surface area contributed by atoms with Crippen LogP contribution < -0.4 is 5.73 Å². The van der Waals surface area contributed by atoms with Gasteiger partial charge < -0.3 is 15.0 Å². The van der Waals surface area contributed by atoms with Crippen LogP contribution in [0.25, 0.3) is 10.9 Å². The highest BCUT2D eigenvalue weighted by molar-refractivity contribution is 6.43.